The Labute approximate surface area is 191 Å². The molecular weight excluding hydrogens is 438 g/mol. The molecular formula is C23H26ClNO7. The summed E-state index contributed by atoms with van der Waals surface area (Å²) in [6, 6.07) is 8.59. The Morgan fingerprint density at radius 1 is 1.03 bits per heavy atom. The van der Waals surface area contributed by atoms with E-state index in [1.54, 1.807) is 0 Å². The first kappa shape index (κ1) is 23.5. The Balaban J connectivity index is 1.47. The summed E-state index contributed by atoms with van der Waals surface area (Å²) in [6.45, 7) is 5.62. The molecule has 0 spiro atoms. The molecule has 1 aliphatic rings. The number of esters is 1. The molecule has 1 heterocycles. The van der Waals surface area contributed by atoms with E-state index in [0.29, 0.717) is 62.4 Å². The van der Waals surface area contributed by atoms with Crippen LogP contribution >= 0.6 is 11.6 Å². The average molecular weight is 464 g/mol. The van der Waals surface area contributed by atoms with Gasteiger partial charge in [0.1, 0.15) is 13.2 Å². The molecule has 9 heteroatoms. The fraction of sp³-hybridized carbons (Fsp3) is 0.391. The zero-order chi connectivity index (χ0) is 22.9. The van der Waals surface area contributed by atoms with Crippen molar-refractivity contribution in [3.8, 4) is 23.0 Å². The van der Waals surface area contributed by atoms with Crippen molar-refractivity contribution in [2.24, 2.45) is 0 Å². The number of benzene rings is 2. The molecule has 0 unspecified atom stereocenters. The smallest absolute Gasteiger partial charge is 0.338 e. The van der Waals surface area contributed by atoms with Gasteiger partial charge in [-0.25, -0.2) is 4.79 Å². The van der Waals surface area contributed by atoms with Crippen LogP contribution in [0, 0.1) is 0 Å². The zero-order valence-corrected chi connectivity index (χ0v) is 18.8. The Morgan fingerprint density at radius 3 is 2.56 bits per heavy atom. The number of hydrogen-bond acceptors (Lipinski definition) is 7. The first-order chi connectivity index (χ1) is 15.5. The van der Waals surface area contributed by atoms with Crippen molar-refractivity contribution in [1.82, 2.24) is 5.32 Å². The second-order valence-electron chi connectivity index (χ2n) is 6.81. The van der Waals surface area contributed by atoms with E-state index in [4.69, 9.17) is 35.3 Å². The summed E-state index contributed by atoms with van der Waals surface area (Å²) in [5, 5.41) is 2.98. The lowest BCUT2D eigenvalue weighted by Gasteiger charge is -2.19. The standard InChI is InChI=1S/C23H26ClNO7/c1-3-28-18-6-5-15(11-19(18)29-4-2)7-8-25-21(26)14-32-23(27)16-12-17(24)22-20(13-16)30-9-10-31-22/h5-6,11-13H,3-4,7-10,14H2,1-2H3,(H,25,26). The molecule has 172 valence electrons. The van der Waals surface area contributed by atoms with Crippen molar-refractivity contribution in [2.75, 3.05) is 39.6 Å². The van der Waals surface area contributed by atoms with Gasteiger partial charge in [-0.2, -0.15) is 0 Å². The van der Waals surface area contributed by atoms with Gasteiger partial charge in [-0.05, 0) is 50.1 Å². The van der Waals surface area contributed by atoms with Crippen molar-refractivity contribution in [1.29, 1.82) is 0 Å². The van der Waals surface area contributed by atoms with Gasteiger partial charge in [0.15, 0.2) is 29.6 Å². The van der Waals surface area contributed by atoms with Crippen molar-refractivity contribution in [3.05, 3.63) is 46.5 Å². The van der Waals surface area contributed by atoms with Crippen LogP contribution in [-0.2, 0) is 16.0 Å². The molecule has 1 N–H and O–H groups in total. The minimum Gasteiger partial charge on any atom is -0.490 e. The van der Waals surface area contributed by atoms with Crippen LogP contribution in [0.4, 0.5) is 0 Å². The van der Waals surface area contributed by atoms with E-state index >= 15 is 0 Å². The maximum Gasteiger partial charge on any atom is 0.338 e. The lowest BCUT2D eigenvalue weighted by atomic mass is 10.1. The minimum atomic E-state index is -0.674. The number of rotatable bonds is 10. The zero-order valence-electron chi connectivity index (χ0n) is 18.1. The van der Waals surface area contributed by atoms with Crippen LogP contribution in [0.2, 0.25) is 5.02 Å². The first-order valence-corrected chi connectivity index (χ1v) is 10.8. The predicted octanol–water partition coefficient (Wildman–Crippen LogP) is 3.42. The maximum absolute atomic E-state index is 12.3. The third-order valence-corrected chi connectivity index (χ3v) is 4.79. The molecule has 3 rings (SSSR count). The summed E-state index contributed by atoms with van der Waals surface area (Å²) < 4.78 is 27.1. The minimum absolute atomic E-state index is 0.185. The van der Waals surface area contributed by atoms with E-state index < -0.39 is 18.5 Å². The molecule has 0 fully saturated rings. The van der Waals surface area contributed by atoms with Crippen LogP contribution < -0.4 is 24.3 Å². The number of nitrogens with one attached hydrogen (secondary N) is 1. The maximum atomic E-state index is 12.3. The summed E-state index contributed by atoms with van der Waals surface area (Å²) in [5.41, 5.74) is 1.17. The van der Waals surface area contributed by atoms with Gasteiger partial charge in [0, 0.05) is 6.54 Å². The highest BCUT2D eigenvalue weighted by Gasteiger charge is 2.20. The van der Waals surface area contributed by atoms with Crippen molar-refractivity contribution >= 4 is 23.5 Å². The molecule has 1 amide bonds. The van der Waals surface area contributed by atoms with E-state index in [1.165, 1.54) is 12.1 Å². The van der Waals surface area contributed by atoms with Crippen LogP contribution in [0.1, 0.15) is 29.8 Å². The SMILES string of the molecule is CCOc1ccc(CCNC(=O)COC(=O)c2cc(Cl)c3c(c2)OCCO3)cc1OCC. The van der Waals surface area contributed by atoms with E-state index in [1.807, 2.05) is 32.0 Å². The number of ether oxygens (including phenoxy) is 5. The van der Waals surface area contributed by atoms with E-state index in [-0.39, 0.29) is 10.6 Å². The van der Waals surface area contributed by atoms with Gasteiger partial charge in [0.25, 0.3) is 5.91 Å². The average Bonchev–Trinajstić information content (AvgIpc) is 2.79. The van der Waals surface area contributed by atoms with Crippen molar-refractivity contribution in [2.45, 2.75) is 20.3 Å². The van der Waals surface area contributed by atoms with Crippen molar-refractivity contribution < 1.29 is 33.3 Å². The summed E-state index contributed by atoms with van der Waals surface area (Å²) in [6.07, 6.45) is 0.587. The molecule has 1 aliphatic heterocycles. The van der Waals surface area contributed by atoms with E-state index in [0.717, 1.165) is 5.56 Å². The molecule has 0 atom stereocenters. The fourth-order valence-electron chi connectivity index (χ4n) is 3.09. The van der Waals surface area contributed by atoms with Gasteiger partial charge in [0.05, 0.1) is 23.8 Å². The quantitative estimate of drug-likeness (QED) is 0.539. The Morgan fingerprint density at radius 2 is 1.78 bits per heavy atom. The molecule has 2 aromatic carbocycles. The number of amides is 1. The molecule has 0 aliphatic carbocycles. The number of halogens is 1. The van der Waals surface area contributed by atoms with Gasteiger partial charge < -0.3 is 29.0 Å². The van der Waals surface area contributed by atoms with Crippen LogP contribution in [0.5, 0.6) is 23.0 Å². The first-order valence-electron chi connectivity index (χ1n) is 10.4. The molecule has 0 radical (unpaired) electrons. The molecule has 0 saturated heterocycles. The molecule has 2 aromatic rings. The molecule has 0 saturated carbocycles. The van der Waals surface area contributed by atoms with Gasteiger partial charge in [-0.1, -0.05) is 17.7 Å². The van der Waals surface area contributed by atoms with E-state index in [9.17, 15) is 9.59 Å². The third kappa shape index (κ3) is 6.20. The molecule has 0 aromatic heterocycles. The highest BCUT2D eigenvalue weighted by molar-refractivity contribution is 6.32. The van der Waals surface area contributed by atoms with Crippen LogP contribution in [0.15, 0.2) is 30.3 Å². The van der Waals surface area contributed by atoms with Crippen molar-refractivity contribution in [3.63, 3.8) is 0 Å². The monoisotopic (exact) mass is 463 g/mol. The van der Waals surface area contributed by atoms with Gasteiger partial charge in [0.2, 0.25) is 0 Å². The highest BCUT2D eigenvalue weighted by Crippen LogP contribution is 2.38. The van der Waals surface area contributed by atoms with Crippen LogP contribution in [-0.4, -0.2) is 51.5 Å². The number of fused-ring (bicyclic) bond motifs is 1. The lowest BCUT2D eigenvalue weighted by Crippen LogP contribution is -2.30. The van der Waals surface area contributed by atoms with E-state index in [2.05, 4.69) is 5.32 Å². The number of hydrogen-bond donors (Lipinski definition) is 1. The Hall–Kier alpha value is -3.13. The normalized spacial score (nSPS) is 12.1. The Kier molecular flexibility index (Phi) is 8.44. The van der Waals surface area contributed by atoms with Crippen LogP contribution in [0.3, 0.4) is 0 Å². The number of carbonyl (C=O) groups is 2. The summed E-state index contributed by atoms with van der Waals surface area (Å²) in [7, 11) is 0. The molecule has 8 nitrogen and oxygen atoms in total. The summed E-state index contributed by atoms with van der Waals surface area (Å²) in [5.74, 6) is 1.05. The predicted molar refractivity (Wildman–Crippen MR) is 118 cm³/mol. The second kappa shape index (κ2) is 11.5. The fourth-order valence-corrected chi connectivity index (χ4v) is 3.36. The largest absolute Gasteiger partial charge is 0.490 e. The summed E-state index contributed by atoms with van der Waals surface area (Å²) >= 11 is 6.13. The highest BCUT2D eigenvalue weighted by atomic mass is 35.5. The topological polar surface area (TPSA) is 92.3 Å². The number of carbonyl (C=O) groups excluding carboxylic acids is 2. The molecule has 0 bridgehead atoms. The van der Waals surface area contributed by atoms with Gasteiger partial charge in [-0.3, -0.25) is 4.79 Å². The van der Waals surface area contributed by atoms with Gasteiger partial charge >= 0.3 is 5.97 Å². The lowest BCUT2D eigenvalue weighted by molar-refractivity contribution is -0.124. The second-order valence-corrected chi connectivity index (χ2v) is 7.21. The van der Waals surface area contributed by atoms with Crippen LogP contribution in [0.25, 0.3) is 0 Å². The Bertz CT molecular complexity index is 964. The summed E-state index contributed by atoms with van der Waals surface area (Å²) in [4.78, 5) is 24.4. The van der Waals surface area contributed by atoms with Gasteiger partial charge in [-0.15, -0.1) is 0 Å². The molecule has 32 heavy (non-hydrogen) atoms. The third-order valence-electron chi connectivity index (χ3n) is 4.51.